The van der Waals surface area contributed by atoms with Gasteiger partial charge in [-0.15, -0.1) is 0 Å². The molecule has 1 aromatic rings. The summed E-state index contributed by atoms with van der Waals surface area (Å²) in [6, 6.07) is 0. The van der Waals surface area contributed by atoms with E-state index < -0.39 is 0 Å². The lowest BCUT2D eigenvalue weighted by Gasteiger charge is -2.08. The summed E-state index contributed by atoms with van der Waals surface area (Å²) in [5.74, 6) is 1.03. The number of aryl methyl sites for hydroxylation is 1. The lowest BCUT2D eigenvalue weighted by atomic mass is 10.2. The van der Waals surface area contributed by atoms with Crippen molar-refractivity contribution in [2.45, 2.75) is 52.5 Å². The molecule has 0 saturated carbocycles. The van der Waals surface area contributed by atoms with Crippen LogP contribution in [0.2, 0.25) is 0 Å². The van der Waals surface area contributed by atoms with Crippen LogP contribution in [-0.2, 0) is 6.54 Å². The molecular weight excluding hydrogens is 186 g/mol. The van der Waals surface area contributed by atoms with Crippen LogP contribution in [0, 0.1) is 0 Å². The highest BCUT2D eigenvalue weighted by atomic mass is 15.2. The van der Waals surface area contributed by atoms with Crippen LogP contribution in [0.15, 0.2) is 12.4 Å². The quantitative estimate of drug-likeness (QED) is 0.666. The van der Waals surface area contributed by atoms with E-state index in [0.717, 1.165) is 19.0 Å². The molecule has 0 aliphatic carbocycles. The summed E-state index contributed by atoms with van der Waals surface area (Å²) in [6.45, 7) is 6.55. The van der Waals surface area contributed by atoms with Gasteiger partial charge in [-0.3, -0.25) is 0 Å². The van der Waals surface area contributed by atoms with Crippen LogP contribution in [0.3, 0.4) is 0 Å². The van der Waals surface area contributed by atoms with E-state index in [1.165, 1.54) is 32.1 Å². The molecule has 1 rings (SSSR count). The zero-order valence-corrected chi connectivity index (χ0v) is 10.00. The van der Waals surface area contributed by atoms with Crippen LogP contribution >= 0.6 is 0 Å². The van der Waals surface area contributed by atoms with E-state index in [4.69, 9.17) is 0 Å². The summed E-state index contributed by atoms with van der Waals surface area (Å²) in [5, 5.41) is 3.39. The molecule has 0 saturated heterocycles. The number of aromatic nitrogens is 2. The van der Waals surface area contributed by atoms with Crippen LogP contribution in [0.4, 0.5) is 5.95 Å². The molecule has 1 heterocycles. The fraction of sp³-hybridized carbons (Fsp3) is 0.750. The Morgan fingerprint density at radius 1 is 1.20 bits per heavy atom. The summed E-state index contributed by atoms with van der Waals surface area (Å²) < 4.78 is 2.20. The van der Waals surface area contributed by atoms with Gasteiger partial charge in [0.1, 0.15) is 0 Å². The van der Waals surface area contributed by atoms with E-state index in [9.17, 15) is 0 Å². The van der Waals surface area contributed by atoms with Gasteiger partial charge < -0.3 is 9.88 Å². The Morgan fingerprint density at radius 2 is 2.00 bits per heavy atom. The van der Waals surface area contributed by atoms with E-state index in [1.54, 1.807) is 0 Å². The molecular formula is C12H23N3. The molecule has 1 N–H and O–H groups in total. The molecule has 0 aliphatic rings. The Kier molecular flexibility index (Phi) is 5.90. The molecule has 0 unspecified atom stereocenters. The van der Waals surface area contributed by atoms with Crippen LogP contribution in [-0.4, -0.2) is 16.1 Å². The second-order valence-electron chi connectivity index (χ2n) is 3.93. The van der Waals surface area contributed by atoms with Crippen molar-refractivity contribution < 1.29 is 0 Å². The molecule has 0 amide bonds. The average Bonchev–Trinajstić information content (AvgIpc) is 2.69. The first kappa shape index (κ1) is 12.1. The van der Waals surface area contributed by atoms with Crippen LogP contribution in [0.5, 0.6) is 0 Å². The molecule has 1 aromatic heterocycles. The first-order valence-corrected chi connectivity index (χ1v) is 6.13. The van der Waals surface area contributed by atoms with E-state index in [2.05, 4.69) is 34.9 Å². The summed E-state index contributed by atoms with van der Waals surface area (Å²) in [6.07, 6.45) is 10.2. The SMILES string of the molecule is CCCCCNc1nccn1CCCC. The van der Waals surface area contributed by atoms with Crippen molar-refractivity contribution in [2.75, 3.05) is 11.9 Å². The minimum atomic E-state index is 1.03. The molecule has 0 bridgehead atoms. The third-order valence-electron chi connectivity index (χ3n) is 2.53. The zero-order valence-electron chi connectivity index (χ0n) is 10.00. The Labute approximate surface area is 92.9 Å². The highest BCUT2D eigenvalue weighted by Crippen LogP contribution is 2.06. The third-order valence-corrected chi connectivity index (χ3v) is 2.53. The lowest BCUT2D eigenvalue weighted by Crippen LogP contribution is -2.08. The van der Waals surface area contributed by atoms with Crippen molar-refractivity contribution >= 4 is 5.95 Å². The number of unbranched alkanes of at least 4 members (excludes halogenated alkanes) is 3. The lowest BCUT2D eigenvalue weighted by molar-refractivity contribution is 0.632. The van der Waals surface area contributed by atoms with Crippen molar-refractivity contribution in [1.29, 1.82) is 0 Å². The van der Waals surface area contributed by atoms with Gasteiger partial charge in [0.25, 0.3) is 0 Å². The summed E-state index contributed by atoms with van der Waals surface area (Å²) in [4.78, 5) is 4.32. The van der Waals surface area contributed by atoms with Gasteiger partial charge in [-0.25, -0.2) is 4.98 Å². The van der Waals surface area contributed by atoms with E-state index in [-0.39, 0.29) is 0 Å². The van der Waals surface area contributed by atoms with Gasteiger partial charge in [-0.1, -0.05) is 33.1 Å². The highest BCUT2D eigenvalue weighted by Gasteiger charge is 2.00. The van der Waals surface area contributed by atoms with Gasteiger partial charge in [-0.05, 0) is 12.8 Å². The summed E-state index contributed by atoms with van der Waals surface area (Å²) in [5.41, 5.74) is 0. The fourth-order valence-electron chi connectivity index (χ4n) is 1.56. The normalized spacial score (nSPS) is 10.5. The Bertz CT molecular complexity index is 255. The molecule has 0 fully saturated rings. The van der Waals surface area contributed by atoms with Gasteiger partial charge in [0.05, 0.1) is 0 Å². The Hall–Kier alpha value is -0.990. The Balaban J connectivity index is 2.29. The largest absolute Gasteiger partial charge is 0.356 e. The minimum Gasteiger partial charge on any atom is -0.356 e. The average molecular weight is 209 g/mol. The first-order chi connectivity index (χ1) is 7.38. The maximum absolute atomic E-state index is 4.32. The van der Waals surface area contributed by atoms with Crippen molar-refractivity contribution in [3.8, 4) is 0 Å². The van der Waals surface area contributed by atoms with Crippen molar-refractivity contribution in [1.82, 2.24) is 9.55 Å². The number of anilines is 1. The van der Waals surface area contributed by atoms with Crippen LogP contribution in [0.1, 0.15) is 46.0 Å². The first-order valence-electron chi connectivity index (χ1n) is 6.13. The van der Waals surface area contributed by atoms with Crippen molar-refractivity contribution in [2.24, 2.45) is 0 Å². The summed E-state index contributed by atoms with van der Waals surface area (Å²) in [7, 11) is 0. The molecule has 0 aromatic carbocycles. The van der Waals surface area contributed by atoms with Crippen LogP contribution in [0.25, 0.3) is 0 Å². The van der Waals surface area contributed by atoms with Gasteiger partial charge in [0.2, 0.25) is 5.95 Å². The second-order valence-corrected chi connectivity index (χ2v) is 3.93. The molecule has 0 atom stereocenters. The number of nitrogens with zero attached hydrogens (tertiary/aromatic N) is 2. The van der Waals surface area contributed by atoms with E-state index in [1.807, 2.05) is 6.20 Å². The number of imidazole rings is 1. The van der Waals surface area contributed by atoms with Crippen molar-refractivity contribution in [3.63, 3.8) is 0 Å². The van der Waals surface area contributed by atoms with Gasteiger partial charge in [0, 0.05) is 25.5 Å². The van der Waals surface area contributed by atoms with Crippen molar-refractivity contribution in [3.05, 3.63) is 12.4 Å². The molecule has 3 nitrogen and oxygen atoms in total. The summed E-state index contributed by atoms with van der Waals surface area (Å²) >= 11 is 0. The molecule has 15 heavy (non-hydrogen) atoms. The molecule has 3 heteroatoms. The molecule has 0 aliphatic heterocycles. The zero-order chi connectivity index (χ0) is 10.9. The molecule has 0 radical (unpaired) electrons. The number of hydrogen-bond acceptors (Lipinski definition) is 2. The fourth-order valence-corrected chi connectivity index (χ4v) is 1.56. The standard InChI is InChI=1S/C12H23N3/c1-3-5-7-8-13-12-14-9-11-15(12)10-6-4-2/h9,11H,3-8,10H2,1-2H3,(H,13,14). The third kappa shape index (κ3) is 4.36. The second kappa shape index (κ2) is 7.32. The van der Waals surface area contributed by atoms with Crippen LogP contribution < -0.4 is 5.32 Å². The maximum Gasteiger partial charge on any atom is 0.202 e. The Morgan fingerprint density at radius 3 is 2.73 bits per heavy atom. The molecule has 86 valence electrons. The highest BCUT2D eigenvalue weighted by molar-refractivity contribution is 5.25. The van der Waals surface area contributed by atoms with Gasteiger partial charge in [-0.2, -0.15) is 0 Å². The predicted octanol–water partition coefficient (Wildman–Crippen LogP) is 3.29. The van der Waals surface area contributed by atoms with E-state index >= 15 is 0 Å². The van der Waals surface area contributed by atoms with Gasteiger partial charge in [0.15, 0.2) is 0 Å². The van der Waals surface area contributed by atoms with E-state index in [0.29, 0.717) is 0 Å². The predicted molar refractivity (Wildman–Crippen MR) is 65.1 cm³/mol. The number of hydrogen-bond donors (Lipinski definition) is 1. The molecule has 0 spiro atoms. The number of nitrogens with one attached hydrogen (secondary N) is 1. The monoisotopic (exact) mass is 209 g/mol. The maximum atomic E-state index is 4.32. The topological polar surface area (TPSA) is 29.9 Å². The minimum absolute atomic E-state index is 1.03. The van der Waals surface area contributed by atoms with Gasteiger partial charge >= 0.3 is 0 Å². The smallest absolute Gasteiger partial charge is 0.202 e. The number of rotatable bonds is 8.